The Balaban J connectivity index is 1.12. The first-order valence-electron chi connectivity index (χ1n) is 12.8. The third-order valence-electron chi connectivity index (χ3n) is 8.31. The lowest BCUT2D eigenvalue weighted by molar-refractivity contribution is -0.00518. The molecule has 0 aliphatic heterocycles. The van der Waals surface area contributed by atoms with Crippen molar-refractivity contribution in [3.05, 3.63) is 77.2 Å². The second kappa shape index (κ2) is 9.16. The molecule has 4 bridgehead atoms. The molecule has 0 radical (unpaired) electrons. The number of methoxy groups -OCH3 is 1. The molecule has 0 saturated heterocycles. The number of carbonyl (C=O) groups is 1. The smallest absolute Gasteiger partial charge is 0.371 e. The number of carboxylic acids is 1. The van der Waals surface area contributed by atoms with E-state index in [4.69, 9.17) is 19.0 Å². The Hall–Kier alpha value is -3.54. The van der Waals surface area contributed by atoms with Gasteiger partial charge in [-0.2, -0.15) is 0 Å². The summed E-state index contributed by atoms with van der Waals surface area (Å²) in [5, 5.41) is 8.98. The number of hydrogen-bond acceptors (Lipinski definition) is 5. The van der Waals surface area contributed by atoms with Crippen LogP contribution >= 0.6 is 0 Å². The molecule has 3 aromatic rings. The van der Waals surface area contributed by atoms with Crippen molar-refractivity contribution >= 4 is 17.9 Å². The average molecular weight is 486 g/mol. The summed E-state index contributed by atoms with van der Waals surface area (Å²) in [5.41, 5.74) is 3.76. The zero-order valence-electron chi connectivity index (χ0n) is 20.5. The molecule has 0 spiro atoms. The molecule has 6 nitrogen and oxygen atoms in total. The number of ether oxygens (including phenoxy) is 2. The maximum Gasteiger partial charge on any atom is 0.371 e. The molecule has 1 N–H and O–H groups in total. The maximum atomic E-state index is 11.0. The molecule has 6 heteroatoms. The second-order valence-corrected chi connectivity index (χ2v) is 10.8. The molecule has 0 amide bonds. The van der Waals surface area contributed by atoms with Crippen molar-refractivity contribution in [3.63, 3.8) is 0 Å². The van der Waals surface area contributed by atoms with Crippen LogP contribution in [0, 0.1) is 17.8 Å². The Morgan fingerprint density at radius 1 is 1.00 bits per heavy atom. The molecule has 2 aromatic carbocycles. The van der Waals surface area contributed by atoms with Gasteiger partial charge in [-0.25, -0.2) is 4.79 Å². The number of benzene rings is 2. The summed E-state index contributed by atoms with van der Waals surface area (Å²) in [6.45, 7) is 0.104. The van der Waals surface area contributed by atoms with Crippen LogP contribution in [0.1, 0.15) is 66.0 Å². The van der Waals surface area contributed by atoms with Gasteiger partial charge in [-0.3, -0.25) is 4.99 Å². The predicted octanol–water partition coefficient (Wildman–Crippen LogP) is 6.78. The van der Waals surface area contributed by atoms with Gasteiger partial charge in [0.15, 0.2) is 11.5 Å². The van der Waals surface area contributed by atoms with E-state index in [1.54, 1.807) is 13.2 Å². The van der Waals surface area contributed by atoms with Crippen LogP contribution in [0.4, 0.5) is 5.69 Å². The third-order valence-corrected chi connectivity index (χ3v) is 8.31. The van der Waals surface area contributed by atoms with E-state index < -0.39 is 5.97 Å². The van der Waals surface area contributed by atoms with Crippen molar-refractivity contribution in [1.82, 2.24) is 0 Å². The minimum Gasteiger partial charge on any atom is -0.493 e. The van der Waals surface area contributed by atoms with Gasteiger partial charge in [0.25, 0.3) is 0 Å². The second-order valence-electron chi connectivity index (χ2n) is 10.8. The van der Waals surface area contributed by atoms with Crippen molar-refractivity contribution < 1.29 is 23.8 Å². The predicted molar refractivity (Wildman–Crippen MR) is 137 cm³/mol. The van der Waals surface area contributed by atoms with Gasteiger partial charge in [-0.1, -0.05) is 12.1 Å². The van der Waals surface area contributed by atoms with E-state index >= 15 is 0 Å². The fourth-order valence-corrected chi connectivity index (χ4v) is 7.12. The Kier molecular flexibility index (Phi) is 5.82. The molecule has 186 valence electrons. The first kappa shape index (κ1) is 22.9. The molecule has 7 rings (SSSR count). The molecule has 4 aliphatic carbocycles. The van der Waals surface area contributed by atoms with Crippen molar-refractivity contribution in [2.75, 3.05) is 7.11 Å². The summed E-state index contributed by atoms with van der Waals surface area (Å²) in [5.74, 6) is 3.15. The van der Waals surface area contributed by atoms with Crippen molar-refractivity contribution in [2.45, 2.75) is 50.5 Å². The van der Waals surface area contributed by atoms with E-state index in [-0.39, 0.29) is 12.4 Å². The summed E-state index contributed by atoms with van der Waals surface area (Å²) in [6.07, 6.45) is 10.3. The van der Waals surface area contributed by atoms with E-state index in [0.29, 0.717) is 22.7 Å². The summed E-state index contributed by atoms with van der Waals surface area (Å²) in [4.78, 5) is 15.7. The highest BCUT2D eigenvalue weighted by Crippen LogP contribution is 2.60. The molecular formula is C30H31NO5. The number of carboxylic acid groups (broad SMARTS) is 1. The summed E-state index contributed by atoms with van der Waals surface area (Å²) < 4.78 is 16.5. The number of hydrogen-bond donors (Lipinski definition) is 1. The van der Waals surface area contributed by atoms with E-state index in [1.165, 1.54) is 50.2 Å². The SMILES string of the molecule is COc1cc(C=Nc2ccc(C34CC5CC(CC(C5)C3)C4)cc2)ccc1OCc1ccc(C(=O)O)o1. The topological polar surface area (TPSA) is 81.3 Å². The van der Waals surface area contributed by atoms with Gasteiger partial charge in [-0.15, -0.1) is 0 Å². The van der Waals surface area contributed by atoms with Gasteiger partial charge in [-0.05, 0) is 115 Å². The monoisotopic (exact) mass is 485 g/mol. The summed E-state index contributed by atoms with van der Waals surface area (Å²) in [7, 11) is 1.59. The molecular weight excluding hydrogens is 454 g/mol. The zero-order valence-corrected chi connectivity index (χ0v) is 20.5. The number of aromatic carboxylic acids is 1. The summed E-state index contributed by atoms with van der Waals surface area (Å²) >= 11 is 0. The lowest BCUT2D eigenvalue weighted by Crippen LogP contribution is -2.48. The molecule has 0 atom stereocenters. The molecule has 0 unspecified atom stereocenters. The fraction of sp³-hybridized carbons (Fsp3) is 0.400. The molecule has 1 heterocycles. The van der Waals surface area contributed by atoms with Crippen LogP contribution in [0.15, 0.2) is 64.0 Å². The van der Waals surface area contributed by atoms with E-state index in [9.17, 15) is 4.79 Å². The van der Waals surface area contributed by atoms with E-state index in [0.717, 1.165) is 29.0 Å². The Morgan fingerprint density at radius 2 is 1.69 bits per heavy atom. The van der Waals surface area contributed by atoms with Crippen molar-refractivity contribution in [3.8, 4) is 11.5 Å². The molecule has 4 saturated carbocycles. The molecule has 36 heavy (non-hydrogen) atoms. The first-order chi connectivity index (χ1) is 17.5. The minimum atomic E-state index is -1.11. The standard InChI is InChI=1S/C30H31NO5/c1-34-28-13-19(2-8-26(28)35-18-25-7-9-27(36-25)29(32)33)17-31-24-5-3-23(4-6-24)30-14-20-10-21(15-30)12-22(11-20)16-30/h2-9,13,17,20-22H,10-12,14-16,18H2,1H3,(H,32,33). The highest BCUT2D eigenvalue weighted by atomic mass is 16.5. The number of nitrogens with zero attached hydrogens (tertiary/aromatic N) is 1. The Morgan fingerprint density at radius 3 is 2.31 bits per heavy atom. The van der Waals surface area contributed by atoms with Crippen LogP contribution in [0.25, 0.3) is 0 Å². The number of furan rings is 1. The van der Waals surface area contributed by atoms with Gasteiger partial charge in [0.2, 0.25) is 5.76 Å². The van der Waals surface area contributed by atoms with Crippen LogP contribution in [-0.2, 0) is 12.0 Å². The van der Waals surface area contributed by atoms with Crippen LogP contribution in [0.5, 0.6) is 11.5 Å². The van der Waals surface area contributed by atoms with Crippen molar-refractivity contribution in [2.24, 2.45) is 22.7 Å². The lowest BCUT2D eigenvalue weighted by Gasteiger charge is -2.57. The van der Waals surface area contributed by atoms with Crippen LogP contribution in [-0.4, -0.2) is 24.4 Å². The van der Waals surface area contributed by atoms with Gasteiger partial charge in [0, 0.05) is 6.21 Å². The van der Waals surface area contributed by atoms with Gasteiger partial charge < -0.3 is 19.0 Å². The van der Waals surface area contributed by atoms with Crippen LogP contribution in [0.3, 0.4) is 0 Å². The van der Waals surface area contributed by atoms with Gasteiger partial charge in [0.1, 0.15) is 12.4 Å². The maximum absolute atomic E-state index is 11.0. The largest absolute Gasteiger partial charge is 0.493 e. The van der Waals surface area contributed by atoms with Gasteiger partial charge in [0.05, 0.1) is 12.8 Å². The quantitative estimate of drug-likeness (QED) is 0.356. The summed E-state index contributed by atoms with van der Waals surface area (Å²) in [6, 6.07) is 17.5. The van der Waals surface area contributed by atoms with Gasteiger partial charge >= 0.3 is 5.97 Å². The lowest BCUT2D eigenvalue weighted by atomic mass is 9.48. The normalized spacial score (nSPS) is 26.4. The third kappa shape index (κ3) is 4.41. The average Bonchev–Trinajstić information content (AvgIpc) is 3.35. The highest BCUT2D eigenvalue weighted by molar-refractivity contribution is 5.84. The fourth-order valence-electron chi connectivity index (χ4n) is 7.12. The molecule has 4 fully saturated rings. The number of aliphatic imine (C=N–C) groups is 1. The van der Waals surface area contributed by atoms with Crippen LogP contribution in [0.2, 0.25) is 0 Å². The van der Waals surface area contributed by atoms with Crippen molar-refractivity contribution in [1.29, 1.82) is 0 Å². The first-order valence-corrected chi connectivity index (χ1v) is 12.8. The Labute approximate surface area is 211 Å². The van der Waals surface area contributed by atoms with E-state index in [1.807, 2.05) is 24.4 Å². The van der Waals surface area contributed by atoms with E-state index in [2.05, 4.69) is 29.3 Å². The van der Waals surface area contributed by atoms with Crippen LogP contribution < -0.4 is 9.47 Å². The highest BCUT2D eigenvalue weighted by Gasteiger charge is 2.51. The zero-order chi connectivity index (χ0) is 24.7. The molecule has 1 aromatic heterocycles. The minimum absolute atomic E-state index is 0.104. The Bertz CT molecular complexity index is 1250. The molecule has 4 aliphatic rings. The number of rotatable bonds is 8.